The van der Waals surface area contributed by atoms with Crippen molar-refractivity contribution in [2.75, 3.05) is 5.32 Å². The van der Waals surface area contributed by atoms with Gasteiger partial charge in [-0.3, -0.25) is 4.79 Å². The lowest BCUT2D eigenvalue weighted by Crippen LogP contribution is -2.13. The van der Waals surface area contributed by atoms with E-state index in [1.807, 2.05) is 6.07 Å². The number of pyridine rings is 1. The maximum atomic E-state index is 13.2. The molecule has 1 aromatic heterocycles. The van der Waals surface area contributed by atoms with E-state index in [0.29, 0.717) is 5.69 Å². The molecular weight excluding hydrogens is 278 g/mol. The van der Waals surface area contributed by atoms with E-state index in [1.165, 1.54) is 0 Å². The third kappa shape index (κ3) is 2.78. The molecule has 0 bridgehead atoms. The molecule has 92 valence electrons. The molecule has 0 unspecified atom stereocenters. The smallest absolute Gasteiger partial charge is 0.258 e. The molecule has 1 N–H and O–H groups in total. The summed E-state index contributed by atoms with van der Waals surface area (Å²) in [6.45, 7) is 0. The van der Waals surface area contributed by atoms with Gasteiger partial charge in [-0.2, -0.15) is 0 Å². The highest BCUT2D eigenvalue weighted by Crippen LogP contribution is 2.21. The number of anilines is 1. The lowest BCUT2D eigenvalue weighted by molar-refractivity contribution is 0.102. The monoisotopic (exact) mass is 284 g/mol. The highest BCUT2D eigenvalue weighted by molar-refractivity contribution is 6.35. The van der Waals surface area contributed by atoms with Crippen molar-refractivity contribution in [1.82, 2.24) is 4.98 Å². The van der Waals surface area contributed by atoms with E-state index >= 15 is 0 Å². The number of aromatic nitrogens is 1. The summed E-state index contributed by atoms with van der Waals surface area (Å²) in [6.07, 6.45) is 0. The second-order valence-electron chi connectivity index (χ2n) is 3.42. The number of carbonyl (C=O) groups is 1. The topological polar surface area (TPSA) is 42.0 Å². The molecule has 1 aromatic carbocycles. The first-order valence-electron chi connectivity index (χ1n) is 4.96. The van der Waals surface area contributed by atoms with Crippen LogP contribution in [0, 0.1) is 5.82 Å². The minimum atomic E-state index is -0.792. The first kappa shape index (κ1) is 12.8. The molecule has 3 nitrogen and oxygen atoms in total. The number of hydrogen-bond acceptors (Lipinski definition) is 2. The van der Waals surface area contributed by atoms with Crippen LogP contribution < -0.4 is 5.32 Å². The number of nitrogens with one attached hydrogen (secondary N) is 1. The first-order chi connectivity index (χ1) is 8.58. The Bertz CT molecular complexity index is 590. The van der Waals surface area contributed by atoms with Crippen LogP contribution >= 0.6 is 23.2 Å². The number of rotatable bonds is 2. The van der Waals surface area contributed by atoms with Crippen molar-refractivity contribution in [2.45, 2.75) is 0 Å². The molecule has 1 heterocycles. The minimum Gasteiger partial charge on any atom is -0.322 e. The molecule has 1 amide bonds. The number of amides is 1. The van der Waals surface area contributed by atoms with Crippen LogP contribution in [0.2, 0.25) is 10.3 Å². The summed E-state index contributed by atoms with van der Waals surface area (Å²) in [4.78, 5) is 15.4. The Morgan fingerprint density at radius 1 is 1.17 bits per heavy atom. The minimum absolute atomic E-state index is 0.0672. The van der Waals surface area contributed by atoms with Crippen LogP contribution in [0.15, 0.2) is 36.4 Å². The Morgan fingerprint density at radius 2 is 1.83 bits per heavy atom. The van der Waals surface area contributed by atoms with Crippen molar-refractivity contribution in [2.24, 2.45) is 0 Å². The van der Waals surface area contributed by atoms with Crippen LogP contribution in [-0.2, 0) is 0 Å². The van der Waals surface area contributed by atoms with Gasteiger partial charge in [0.05, 0.1) is 5.56 Å². The van der Waals surface area contributed by atoms with Gasteiger partial charge in [-0.05, 0) is 18.2 Å². The van der Waals surface area contributed by atoms with Crippen LogP contribution in [0.4, 0.5) is 10.1 Å². The fourth-order valence-corrected chi connectivity index (χ4v) is 1.73. The average Bonchev–Trinajstić information content (AvgIpc) is 2.35. The van der Waals surface area contributed by atoms with Gasteiger partial charge in [0.1, 0.15) is 5.15 Å². The van der Waals surface area contributed by atoms with E-state index < -0.39 is 11.7 Å². The summed E-state index contributed by atoms with van der Waals surface area (Å²) in [7, 11) is 0. The third-order valence-electron chi connectivity index (χ3n) is 2.16. The van der Waals surface area contributed by atoms with Crippen molar-refractivity contribution in [3.8, 4) is 0 Å². The Labute approximate surface area is 113 Å². The summed E-state index contributed by atoms with van der Waals surface area (Å²) in [5.74, 6) is -1.34. The molecule has 6 heteroatoms. The molecule has 18 heavy (non-hydrogen) atoms. The van der Waals surface area contributed by atoms with Crippen LogP contribution in [0.1, 0.15) is 10.4 Å². The van der Waals surface area contributed by atoms with Crippen molar-refractivity contribution in [3.63, 3.8) is 0 Å². The highest BCUT2D eigenvalue weighted by atomic mass is 35.5. The normalized spacial score (nSPS) is 10.2. The molecule has 0 saturated carbocycles. The van der Waals surface area contributed by atoms with E-state index in [2.05, 4.69) is 10.3 Å². The predicted molar refractivity (Wildman–Crippen MR) is 68.6 cm³/mol. The van der Waals surface area contributed by atoms with Gasteiger partial charge in [-0.15, -0.1) is 0 Å². The quantitative estimate of drug-likeness (QED) is 0.853. The van der Waals surface area contributed by atoms with Crippen LogP contribution in [-0.4, -0.2) is 10.9 Å². The molecule has 0 atom stereocenters. The Morgan fingerprint density at radius 3 is 2.50 bits per heavy atom. The van der Waals surface area contributed by atoms with E-state index in [-0.39, 0.29) is 15.9 Å². The molecular formula is C12H7Cl2FN2O. The lowest BCUT2D eigenvalue weighted by Gasteiger charge is -2.06. The van der Waals surface area contributed by atoms with Crippen LogP contribution in [0.3, 0.4) is 0 Å². The Kier molecular flexibility index (Phi) is 3.79. The van der Waals surface area contributed by atoms with Crippen molar-refractivity contribution < 1.29 is 9.18 Å². The molecule has 2 rings (SSSR count). The number of hydrogen-bond donors (Lipinski definition) is 1. The highest BCUT2D eigenvalue weighted by Gasteiger charge is 2.15. The SMILES string of the molecule is O=C(Nc1ccccc1)c1cc(F)c(Cl)nc1Cl. The zero-order chi connectivity index (χ0) is 13.1. The van der Waals surface area contributed by atoms with E-state index in [1.54, 1.807) is 24.3 Å². The summed E-state index contributed by atoms with van der Waals surface area (Å²) in [6, 6.07) is 9.69. The van der Waals surface area contributed by atoms with Gasteiger partial charge >= 0.3 is 0 Å². The van der Waals surface area contributed by atoms with Gasteiger partial charge in [0.25, 0.3) is 5.91 Å². The van der Waals surface area contributed by atoms with Crippen LogP contribution in [0.5, 0.6) is 0 Å². The molecule has 0 aliphatic heterocycles. The van der Waals surface area contributed by atoms with Crippen molar-refractivity contribution >= 4 is 34.8 Å². The summed E-state index contributed by atoms with van der Waals surface area (Å²) in [5.41, 5.74) is 0.511. The average molecular weight is 285 g/mol. The molecule has 0 aliphatic carbocycles. The van der Waals surface area contributed by atoms with E-state index in [9.17, 15) is 9.18 Å². The summed E-state index contributed by atoms with van der Waals surface area (Å²) < 4.78 is 13.2. The fourth-order valence-electron chi connectivity index (χ4n) is 1.32. The van der Waals surface area contributed by atoms with Gasteiger partial charge in [0.2, 0.25) is 0 Å². The molecule has 2 aromatic rings. The first-order valence-corrected chi connectivity index (χ1v) is 5.71. The molecule has 0 radical (unpaired) electrons. The number of nitrogens with zero attached hydrogens (tertiary/aromatic N) is 1. The maximum Gasteiger partial charge on any atom is 0.258 e. The van der Waals surface area contributed by atoms with Gasteiger partial charge in [-0.1, -0.05) is 41.4 Å². The number of para-hydroxylation sites is 1. The standard InChI is InChI=1S/C12H7Cl2FN2O/c13-10-8(6-9(15)11(14)17-10)12(18)16-7-4-2-1-3-5-7/h1-6H,(H,16,18). The van der Waals surface area contributed by atoms with Crippen LogP contribution in [0.25, 0.3) is 0 Å². The van der Waals surface area contributed by atoms with Gasteiger partial charge in [0, 0.05) is 5.69 Å². The number of carbonyl (C=O) groups excluding carboxylic acids is 1. The zero-order valence-corrected chi connectivity index (χ0v) is 10.5. The number of halogens is 3. The Balaban J connectivity index is 2.27. The lowest BCUT2D eigenvalue weighted by atomic mass is 10.2. The number of benzene rings is 1. The van der Waals surface area contributed by atoms with Gasteiger partial charge in [-0.25, -0.2) is 9.37 Å². The maximum absolute atomic E-state index is 13.2. The molecule has 0 fully saturated rings. The second-order valence-corrected chi connectivity index (χ2v) is 4.14. The predicted octanol–water partition coefficient (Wildman–Crippen LogP) is 3.78. The van der Waals surface area contributed by atoms with Gasteiger partial charge < -0.3 is 5.32 Å². The molecule has 0 aliphatic rings. The Hall–Kier alpha value is -1.65. The summed E-state index contributed by atoms with van der Waals surface area (Å²) >= 11 is 11.2. The second kappa shape index (κ2) is 5.33. The van der Waals surface area contributed by atoms with Gasteiger partial charge in [0.15, 0.2) is 11.0 Å². The molecule has 0 saturated heterocycles. The van der Waals surface area contributed by atoms with E-state index in [0.717, 1.165) is 6.07 Å². The largest absolute Gasteiger partial charge is 0.322 e. The zero-order valence-electron chi connectivity index (χ0n) is 8.95. The third-order valence-corrected chi connectivity index (χ3v) is 2.72. The fraction of sp³-hybridized carbons (Fsp3) is 0. The summed E-state index contributed by atoms with van der Waals surface area (Å²) in [5, 5.41) is 2.06. The molecule has 0 spiro atoms. The van der Waals surface area contributed by atoms with E-state index in [4.69, 9.17) is 23.2 Å². The van der Waals surface area contributed by atoms with Crippen molar-refractivity contribution in [3.05, 3.63) is 58.1 Å². The van der Waals surface area contributed by atoms with Crippen molar-refractivity contribution in [1.29, 1.82) is 0 Å².